The molecule has 7 heteroatoms. The highest BCUT2D eigenvalue weighted by Crippen LogP contribution is 2.47. The van der Waals surface area contributed by atoms with Crippen molar-refractivity contribution in [3.63, 3.8) is 0 Å². The second kappa shape index (κ2) is 10.1. The average molecular weight is 588 g/mol. The average Bonchev–Trinajstić information content (AvgIpc) is 3.36. The molecular weight excluding hydrogens is 536 g/mol. The van der Waals surface area contributed by atoms with Gasteiger partial charge in [0.1, 0.15) is 0 Å². The van der Waals surface area contributed by atoms with Crippen molar-refractivity contribution in [3.8, 4) is 0 Å². The van der Waals surface area contributed by atoms with E-state index in [2.05, 4.69) is 62.7 Å². The Kier molecular flexibility index (Phi) is 8.19. The molecule has 0 radical (unpaired) electrons. The van der Waals surface area contributed by atoms with E-state index in [1.165, 1.54) is 0 Å². The Morgan fingerprint density at radius 1 is 0.865 bits per heavy atom. The van der Waals surface area contributed by atoms with E-state index in [0.717, 1.165) is 44.9 Å². The molecule has 0 bridgehead atoms. The third-order valence-electron chi connectivity index (χ3n) is 9.68. The molecule has 0 aromatic heterocycles. The van der Waals surface area contributed by atoms with Crippen LogP contribution >= 0.6 is 15.9 Å². The van der Waals surface area contributed by atoms with Crippen LogP contribution in [0.4, 0.5) is 0 Å². The summed E-state index contributed by atoms with van der Waals surface area (Å²) in [6.45, 7) is 16.2. The Hall–Kier alpha value is -0.0200. The van der Waals surface area contributed by atoms with Gasteiger partial charge in [-0.3, -0.25) is 0 Å². The third kappa shape index (κ3) is 6.34. The summed E-state index contributed by atoms with van der Waals surface area (Å²) in [7, 11) is 0. The van der Waals surface area contributed by atoms with Crippen LogP contribution in [0.5, 0.6) is 0 Å². The largest absolute Gasteiger partial charge is 0.388 e. The fourth-order valence-electron chi connectivity index (χ4n) is 6.91. The van der Waals surface area contributed by atoms with Gasteiger partial charge in [-0.1, -0.05) is 28.1 Å². The number of halogens is 1. The first kappa shape index (κ1) is 30.0. The van der Waals surface area contributed by atoms with Crippen LogP contribution in [0.2, 0.25) is 0 Å². The van der Waals surface area contributed by atoms with E-state index in [9.17, 15) is 10.2 Å². The molecule has 0 aromatic rings. The molecule has 4 aliphatic heterocycles. The third-order valence-corrected chi connectivity index (χ3v) is 11.2. The number of hydrogen-bond donors (Lipinski definition) is 2. The van der Waals surface area contributed by atoms with Crippen molar-refractivity contribution >= 4 is 15.9 Å². The first-order valence-corrected chi connectivity index (χ1v) is 15.3. The van der Waals surface area contributed by atoms with Crippen LogP contribution in [0.3, 0.4) is 0 Å². The molecule has 0 spiro atoms. The number of alkyl halides is 1. The zero-order valence-electron chi connectivity index (χ0n) is 24.3. The zero-order valence-corrected chi connectivity index (χ0v) is 25.9. The van der Waals surface area contributed by atoms with Gasteiger partial charge in [-0.05, 0) is 113 Å². The van der Waals surface area contributed by atoms with Crippen molar-refractivity contribution in [1.82, 2.24) is 0 Å². The topological polar surface area (TPSA) is 77.4 Å². The predicted molar refractivity (Wildman–Crippen MR) is 149 cm³/mol. The van der Waals surface area contributed by atoms with Crippen LogP contribution in [0.1, 0.15) is 113 Å². The molecular formula is C30H51BrO6. The van der Waals surface area contributed by atoms with Crippen LogP contribution in [-0.2, 0) is 18.9 Å². The Morgan fingerprint density at radius 2 is 1.51 bits per heavy atom. The molecule has 4 aliphatic rings. The van der Waals surface area contributed by atoms with Gasteiger partial charge in [0.2, 0.25) is 0 Å². The summed E-state index contributed by atoms with van der Waals surface area (Å²) in [5, 5.41) is 21.6. The Balaban J connectivity index is 1.37. The molecule has 0 saturated carbocycles. The number of rotatable bonds is 6. The zero-order chi connectivity index (χ0) is 27.5. The van der Waals surface area contributed by atoms with E-state index < -0.39 is 11.2 Å². The highest BCUT2D eigenvalue weighted by molar-refractivity contribution is 9.09. The lowest BCUT2D eigenvalue weighted by Gasteiger charge is -2.53. The van der Waals surface area contributed by atoms with E-state index in [1.54, 1.807) is 0 Å². The highest BCUT2D eigenvalue weighted by Gasteiger charge is 2.53. The maximum atomic E-state index is 11.2. The number of ether oxygens (including phenoxy) is 4. The summed E-state index contributed by atoms with van der Waals surface area (Å²) in [6, 6.07) is 0. The Morgan fingerprint density at radius 3 is 2.14 bits per heavy atom. The summed E-state index contributed by atoms with van der Waals surface area (Å²) in [6.07, 6.45) is 11.4. The van der Waals surface area contributed by atoms with Gasteiger partial charge in [-0.2, -0.15) is 0 Å². The Bertz CT molecular complexity index is 851. The Labute approximate surface area is 233 Å². The summed E-state index contributed by atoms with van der Waals surface area (Å²) in [4.78, 5) is 0.326. The minimum atomic E-state index is -0.878. The van der Waals surface area contributed by atoms with Gasteiger partial charge in [-0.25, -0.2) is 0 Å². The lowest BCUT2D eigenvalue weighted by Crippen LogP contribution is -2.60. The molecule has 4 fully saturated rings. The van der Waals surface area contributed by atoms with E-state index in [1.807, 2.05) is 20.8 Å². The SMILES string of the molecule is CC(C)(O)[C@H]1CC[C@](C)([C@@H]2CC[C@@](C)(/C=C/C[C@H]3O[C@@H]([C@]4(C)CC[C@@H](Br)C(C)(C)O4)CC[C@]3(C)O)O2)O1. The monoisotopic (exact) mass is 586 g/mol. The van der Waals surface area contributed by atoms with E-state index in [4.69, 9.17) is 18.9 Å². The summed E-state index contributed by atoms with van der Waals surface area (Å²) in [5.74, 6) is 0. The number of hydrogen-bond acceptors (Lipinski definition) is 6. The van der Waals surface area contributed by atoms with Gasteiger partial charge in [0, 0.05) is 4.83 Å². The molecule has 4 heterocycles. The smallest absolute Gasteiger partial charge is 0.0923 e. The fraction of sp³-hybridized carbons (Fsp3) is 0.933. The molecule has 0 aliphatic carbocycles. The van der Waals surface area contributed by atoms with Crippen LogP contribution in [0.15, 0.2) is 12.2 Å². The fourth-order valence-corrected chi connectivity index (χ4v) is 7.23. The first-order chi connectivity index (χ1) is 16.9. The summed E-state index contributed by atoms with van der Waals surface area (Å²) in [5.41, 5.74) is -3.11. The maximum absolute atomic E-state index is 11.2. The van der Waals surface area contributed by atoms with Crippen LogP contribution in [-0.4, -0.2) is 73.1 Å². The predicted octanol–water partition coefficient (Wildman–Crippen LogP) is 5.99. The van der Waals surface area contributed by atoms with Gasteiger partial charge in [-0.15, -0.1) is 0 Å². The van der Waals surface area contributed by atoms with Gasteiger partial charge in [0.05, 0.1) is 58.0 Å². The quantitative estimate of drug-likeness (QED) is 0.294. The van der Waals surface area contributed by atoms with Crippen molar-refractivity contribution < 1.29 is 29.2 Å². The van der Waals surface area contributed by atoms with E-state index in [0.29, 0.717) is 17.7 Å². The van der Waals surface area contributed by atoms with Gasteiger partial charge < -0.3 is 29.2 Å². The van der Waals surface area contributed by atoms with E-state index in [-0.39, 0.29) is 46.8 Å². The minimum absolute atomic E-state index is 0.00192. The van der Waals surface area contributed by atoms with Gasteiger partial charge in [0.15, 0.2) is 0 Å². The van der Waals surface area contributed by atoms with E-state index >= 15 is 0 Å². The molecule has 4 saturated heterocycles. The molecule has 4 rings (SSSR count). The second-order valence-corrected chi connectivity index (χ2v) is 15.3. The van der Waals surface area contributed by atoms with Crippen molar-refractivity contribution in [2.45, 2.75) is 176 Å². The van der Waals surface area contributed by atoms with Crippen molar-refractivity contribution in [1.29, 1.82) is 0 Å². The van der Waals surface area contributed by atoms with Crippen LogP contribution < -0.4 is 0 Å². The van der Waals surface area contributed by atoms with Crippen molar-refractivity contribution in [2.75, 3.05) is 0 Å². The molecule has 9 atom stereocenters. The van der Waals surface area contributed by atoms with Crippen LogP contribution in [0.25, 0.3) is 0 Å². The number of aliphatic hydroxyl groups is 2. The molecule has 0 unspecified atom stereocenters. The van der Waals surface area contributed by atoms with Crippen molar-refractivity contribution in [2.24, 2.45) is 0 Å². The lowest BCUT2D eigenvalue weighted by molar-refractivity contribution is -0.260. The standard InChI is InChI=1S/C30H51BrO6/c1-25(2,32)21-14-19-29(7,36-21)24-12-16-27(5,35-24)15-9-10-22-28(6,33)17-13-23(34-22)30(8)18-11-20(31)26(3,4)37-30/h9,15,20-24,32-33H,10-14,16-19H2,1-8H3/b15-9+/t20-,21-,22-,23-,24+,27-,28+,29-,30+/m1/s1. The highest BCUT2D eigenvalue weighted by atomic mass is 79.9. The molecule has 214 valence electrons. The maximum Gasteiger partial charge on any atom is 0.0923 e. The minimum Gasteiger partial charge on any atom is -0.388 e. The summed E-state index contributed by atoms with van der Waals surface area (Å²) >= 11 is 3.78. The molecule has 37 heavy (non-hydrogen) atoms. The molecule has 6 nitrogen and oxygen atoms in total. The summed E-state index contributed by atoms with van der Waals surface area (Å²) < 4.78 is 26.2. The van der Waals surface area contributed by atoms with Crippen molar-refractivity contribution in [3.05, 3.63) is 12.2 Å². The second-order valence-electron chi connectivity index (χ2n) is 14.2. The lowest BCUT2D eigenvalue weighted by atomic mass is 9.78. The normalized spacial score (nSPS) is 49.1. The van der Waals surface area contributed by atoms with Gasteiger partial charge in [0.25, 0.3) is 0 Å². The molecule has 2 N–H and O–H groups in total. The first-order valence-electron chi connectivity index (χ1n) is 14.4. The molecule has 0 aromatic carbocycles. The van der Waals surface area contributed by atoms with Gasteiger partial charge >= 0.3 is 0 Å². The van der Waals surface area contributed by atoms with Crippen LogP contribution in [0, 0.1) is 0 Å². The molecule has 0 amide bonds.